The van der Waals surface area contributed by atoms with Crippen molar-refractivity contribution in [2.24, 2.45) is 0 Å². The van der Waals surface area contributed by atoms with Gasteiger partial charge in [-0.05, 0) is 23.8 Å². The summed E-state index contributed by atoms with van der Waals surface area (Å²) in [5.74, 6) is 3.57. The molecule has 1 amide bonds. The number of benzene rings is 2. The molecule has 1 N–H and O–H groups in total. The second-order valence-electron chi connectivity index (χ2n) is 4.76. The second-order valence-corrected chi connectivity index (χ2v) is 5.17. The zero-order valence-corrected chi connectivity index (χ0v) is 13.4. The molecule has 0 fully saturated rings. The SMILES string of the molecule is O=C(Cc1ccccc1Cl)NCC#CCOc1ccc(F)cc1F. The summed E-state index contributed by atoms with van der Waals surface area (Å²) in [6.45, 7) is 0.0709. The van der Waals surface area contributed by atoms with E-state index in [4.69, 9.17) is 16.3 Å². The number of halogens is 3. The van der Waals surface area contributed by atoms with Crippen LogP contribution in [0.25, 0.3) is 0 Å². The van der Waals surface area contributed by atoms with Crippen LogP contribution >= 0.6 is 11.6 Å². The second kappa shape index (κ2) is 8.90. The summed E-state index contributed by atoms with van der Waals surface area (Å²) in [5, 5.41) is 3.16. The van der Waals surface area contributed by atoms with E-state index in [-0.39, 0.29) is 31.2 Å². The summed E-state index contributed by atoms with van der Waals surface area (Å²) >= 11 is 5.97. The van der Waals surface area contributed by atoms with Crippen molar-refractivity contribution in [3.63, 3.8) is 0 Å². The molecule has 0 aliphatic heterocycles. The fourth-order valence-electron chi connectivity index (χ4n) is 1.84. The van der Waals surface area contributed by atoms with Crippen molar-refractivity contribution in [3.05, 3.63) is 64.7 Å². The zero-order chi connectivity index (χ0) is 17.4. The average molecular weight is 350 g/mol. The summed E-state index contributed by atoms with van der Waals surface area (Å²) < 4.78 is 31.1. The Labute approximate surface area is 143 Å². The number of nitrogens with one attached hydrogen (secondary N) is 1. The molecule has 0 unspecified atom stereocenters. The molecule has 2 aromatic rings. The van der Waals surface area contributed by atoms with Crippen molar-refractivity contribution in [1.82, 2.24) is 5.32 Å². The minimum atomic E-state index is -0.787. The first-order valence-corrected chi connectivity index (χ1v) is 7.47. The van der Waals surface area contributed by atoms with Crippen LogP contribution < -0.4 is 10.1 Å². The van der Waals surface area contributed by atoms with Crippen molar-refractivity contribution in [3.8, 4) is 17.6 Å². The Kier molecular flexibility index (Phi) is 6.59. The molecule has 0 radical (unpaired) electrons. The Hall–Kier alpha value is -2.58. The molecule has 0 spiro atoms. The molecule has 0 bridgehead atoms. The van der Waals surface area contributed by atoms with E-state index >= 15 is 0 Å². The number of hydrogen-bond acceptors (Lipinski definition) is 2. The molecule has 124 valence electrons. The van der Waals surface area contributed by atoms with Crippen LogP contribution in [0, 0.1) is 23.5 Å². The van der Waals surface area contributed by atoms with Crippen molar-refractivity contribution in [1.29, 1.82) is 0 Å². The van der Waals surface area contributed by atoms with Gasteiger partial charge in [0.05, 0.1) is 13.0 Å². The highest BCUT2D eigenvalue weighted by atomic mass is 35.5. The average Bonchev–Trinajstić information content (AvgIpc) is 2.54. The lowest BCUT2D eigenvalue weighted by atomic mass is 10.1. The lowest BCUT2D eigenvalue weighted by Gasteiger charge is -2.04. The normalized spacial score (nSPS) is 9.79. The first-order valence-electron chi connectivity index (χ1n) is 7.10. The molecule has 0 aliphatic rings. The van der Waals surface area contributed by atoms with Crippen molar-refractivity contribution < 1.29 is 18.3 Å². The fraction of sp³-hybridized carbons (Fsp3) is 0.167. The van der Waals surface area contributed by atoms with Crippen molar-refractivity contribution in [2.45, 2.75) is 6.42 Å². The lowest BCUT2D eigenvalue weighted by molar-refractivity contribution is -0.120. The van der Waals surface area contributed by atoms with E-state index < -0.39 is 11.6 Å². The Bertz CT molecular complexity index is 784. The molecule has 2 aromatic carbocycles. The summed E-state index contributed by atoms with van der Waals surface area (Å²) in [6.07, 6.45) is 0.165. The molecule has 24 heavy (non-hydrogen) atoms. The topological polar surface area (TPSA) is 38.3 Å². The van der Waals surface area contributed by atoms with Gasteiger partial charge >= 0.3 is 0 Å². The smallest absolute Gasteiger partial charge is 0.225 e. The van der Waals surface area contributed by atoms with E-state index in [1.165, 1.54) is 6.07 Å². The standard InChI is InChI=1S/C18H14ClF2NO2/c19-15-6-2-1-5-13(15)11-18(23)22-9-3-4-10-24-17-8-7-14(20)12-16(17)21/h1-2,5-8,12H,9-11H2,(H,22,23). The van der Waals surface area contributed by atoms with Gasteiger partial charge in [0.1, 0.15) is 12.4 Å². The highest BCUT2D eigenvalue weighted by Crippen LogP contribution is 2.17. The first kappa shape index (κ1) is 17.8. The van der Waals surface area contributed by atoms with Gasteiger partial charge in [0.2, 0.25) is 5.91 Å². The number of carbonyl (C=O) groups is 1. The number of hydrogen-bond donors (Lipinski definition) is 1. The van der Waals surface area contributed by atoms with Crippen LogP contribution in [-0.2, 0) is 11.2 Å². The third-order valence-corrected chi connectivity index (χ3v) is 3.37. The highest BCUT2D eigenvalue weighted by Gasteiger charge is 2.05. The molecular weight excluding hydrogens is 336 g/mol. The first-order chi connectivity index (χ1) is 11.6. The van der Waals surface area contributed by atoms with E-state index in [0.29, 0.717) is 5.02 Å². The minimum Gasteiger partial charge on any atom is -0.478 e. The molecule has 0 aliphatic carbocycles. The molecule has 3 nitrogen and oxygen atoms in total. The molecule has 6 heteroatoms. The predicted molar refractivity (Wildman–Crippen MR) is 87.8 cm³/mol. The molecule has 2 rings (SSSR count). The maximum absolute atomic E-state index is 13.3. The Balaban J connectivity index is 1.72. The third kappa shape index (κ3) is 5.56. The molecule has 0 aromatic heterocycles. The number of carbonyl (C=O) groups excluding carboxylic acids is 1. The van der Waals surface area contributed by atoms with Gasteiger partial charge in [0, 0.05) is 11.1 Å². The summed E-state index contributed by atoms with van der Waals surface area (Å²) in [7, 11) is 0. The van der Waals surface area contributed by atoms with E-state index in [1.807, 2.05) is 0 Å². The van der Waals surface area contributed by atoms with E-state index in [2.05, 4.69) is 17.2 Å². The summed E-state index contributed by atoms with van der Waals surface area (Å²) in [4.78, 5) is 11.7. The van der Waals surface area contributed by atoms with E-state index in [1.54, 1.807) is 24.3 Å². The van der Waals surface area contributed by atoms with Crippen LogP contribution in [0.4, 0.5) is 8.78 Å². The number of amides is 1. The van der Waals surface area contributed by atoms with Gasteiger partial charge in [-0.15, -0.1) is 0 Å². The Morgan fingerprint density at radius 1 is 1.17 bits per heavy atom. The largest absolute Gasteiger partial charge is 0.478 e. The molecule has 0 saturated carbocycles. The monoisotopic (exact) mass is 349 g/mol. The van der Waals surface area contributed by atoms with Crippen molar-refractivity contribution >= 4 is 17.5 Å². The predicted octanol–water partition coefficient (Wildman–Crippen LogP) is 3.36. The Morgan fingerprint density at radius 2 is 1.96 bits per heavy atom. The highest BCUT2D eigenvalue weighted by molar-refractivity contribution is 6.31. The van der Waals surface area contributed by atoms with Crippen LogP contribution in [-0.4, -0.2) is 19.1 Å². The quantitative estimate of drug-likeness (QED) is 0.841. The van der Waals surface area contributed by atoms with Gasteiger partial charge in [0.15, 0.2) is 11.6 Å². The minimum absolute atomic E-state index is 0.0665. The van der Waals surface area contributed by atoms with Crippen LogP contribution in [0.5, 0.6) is 5.75 Å². The van der Waals surface area contributed by atoms with Crippen LogP contribution in [0.15, 0.2) is 42.5 Å². The molecule has 0 heterocycles. The molecule has 0 atom stereocenters. The fourth-order valence-corrected chi connectivity index (χ4v) is 2.04. The summed E-state index contributed by atoms with van der Waals surface area (Å²) in [6, 6.07) is 10.1. The van der Waals surface area contributed by atoms with Crippen LogP contribution in [0.3, 0.4) is 0 Å². The van der Waals surface area contributed by atoms with Gasteiger partial charge in [-0.3, -0.25) is 4.79 Å². The lowest BCUT2D eigenvalue weighted by Crippen LogP contribution is -2.25. The summed E-state index contributed by atoms with van der Waals surface area (Å²) in [5.41, 5.74) is 0.736. The van der Waals surface area contributed by atoms with Gasteiger partial charge in [-0.2, -0.15) is 0 Å². The number of rotatable bonds is 5. The van der Waals surface area contributed by atoms with Gasteiger partial charge < -0.3 is 10.1 Å². The van der Waals surface area contributed by atoms with E-state index in [0.717, 1.165) is 17.7 Å². The maximum atomic E-state index is 13.3. The van der Waals surface area contributed by atoms with Gasteiger partial charge in [-0.25, -0.2) is 8.78 Å². The van der Waals surface area contributed by atoms with Crippen molar-refractivity contribution in [2.75, 3.05) is 13.2 Å². The van der Waals surface area contributed by atoms with Gasteiger partial charge in [-0.1, -0.05) is 41.6 Å². The Morgan fingerprint density at radius 3 is 2.71 bits per heavy atom. The van der Waals surface area contributed by atoms with Crippen LogP contribution in [0.1, 0.15) is 5.56 Å². The number of ether oxygens (including phenoxy) is 1. The van der Waals surface area contributed by atoms with E-state index in [9.17, 15) is 13.6 Å². The molecule has 0 saturated heterocycles. The molecular formula is C18H14ClF2NO2. The maximum Gasteiger partial charge on any atom is 0.225 e. The zero-order valence-electron chi connectivity index (χ0n) is 12.6. The van der Waals surface area contributed by atoms with Gasteiger partial charge in [0.25, 0.3) is 0 Å². The van der Waals surface area contributed by atoms with Crippen LogP contribution in [0.2, 0.25) is 5.02 Å². The third-order valence-electron chi connectivity index (χ3n) is 3.00.